The summed E-state index contributed by atoms with van der Waals surface area (Å²) in [5.41, 5.74) is 0. The Balaban J connectivity index is 1.73. The molecule has 4 heteroatoms. The van der Waals surface area contributed by atoms with Crippen LogP contribution in [0, 0.1) is 11.8 Å². The molecule has 0 radical (unpaired) electrons. The molecule has 4 nitrogen and oxygen atoms in total. The van der Waals surface area contributed by atoms with E-state index in [1.807, 2.05) is 4.90 Å². The largest absolute Gasteiger partial charge is 0.391 e. The monoisotopic (exact) mass is 226 g/mol. The van der Waals surface area contributed by atoms with Crippen LogP contribution >= 0.6 is 0 Å². The fraction of sp³-hybridized carbons (Fsp3) is 0.917. The summed E-state index contributed by atoms with van der Waals surface area (Å²) >= 11 is 0. The summed E-state index contributed by atoms with van der Waals surface area (Å²) in [6, 6.07) is 0. The summed E-state index contributed by atoms with van der Waals surface area (Å²) < 4.78 is 0. The fourth-order valence-electron chi connectivity index (χ4n) is 2.59. The van der Waals surface area contributed by atoms with Crippen LogP contribution in [0.4, 0.5) is 0 Å². The van der Waals surface area contributed by atoms with Gasteiger partial charge in [-0.2, -0.15) is 0 Å². The second-order valence-electron chi connectivity index (χ2n) is 5.54. The molecule has 0 aromatic carbocycles. The molecule has 0 aromatic heterocycles. The Labute approximate surface area is 97.2 Å². The van der Waals surface area contributed by atoms with Crippen LogP contribution in [-0.2, 0) is 4.79 Å². The van der Waals surface area contributed by atoms with Gasteiger partial charge in [0.25, 0.3) is 0 Å². The minimum Gasteiger partial charge on any atom is -0.391 e. The molecule has 2 rings (SSSR count). The summed E-state index contributed by atoms with van der Waals surface area (Å²) in [5, 5.41) is 9.39. The van der Waals surface area contributed by atoms with Crippen molar-refractivity contribution in [2.75, 3.05) is 32.7 Å². The first-order chi connectivity index (χ1) is 7.56. The molecule has 2 fully saturated rings. The van der Waals surface area contributed by atoms with Gasteiger partial charge in [-0.25, -0.2) is 0 Å². The highest BCUT2D eigenvalue weighted by molar-refractivity contribution is 5.80. The molecule has 0 spiro atoms. The van der Waals surface area contributed by atoms with E-state index in [1.54, 1.807) is 0 Å². The van der Waals surface area contributed by atoms with E-state index in [1.165, 1.54) is 0 Å². The maximum absolute atomic E-state index is 12.0. The lowest BCUT2D eigenvalue weighted by Crippen LogP contribution is -2.55. The van der Waals surface area contributed by atoms with Crippen molar-refractivity contribution in [2.45, 2.75) is 26.4 Å². The Morgan fingerprint density at radius 3 is 2.56 bits per heavy atom. The SMILES string of the molecule is CC(C)CN1CC(C(=O)N2CCC(O)C2)C1. The Bertz CT molecular complexity index is 262. The molecule has 1 amide bonds. The van der Waals surface area contributed by atoms with Crippen LogP contribution < -0.4 is 0 Å². The first kappa shape index (κ1) is 11.9. The maximum atomic E-state index is 12.0. The molecule has 2 saturated heterocycles. The number of carbonyl (C=O) groups is 1. The Hall–Kier alpha value is -0.610. The first-order valence-electron chi connectivity index (χ1n) is 6.25. The smallest absolute Gasteiger partial charge is 0.228 e. The van der Waals surface area contributed by atoms with Gasteiger partial charge in [0.2, 0.25) is 5.91 Å². The van der Waals surface area contributed by atoms with Crippen LogP contribution in [0.15, 0.2) is 0 Å². The lowest BCUT2D eigenvalue weighted by atomic mass is 9.97. The van der Waals surface area contributed by atoms with Crippen LogP contribution in [0.2, 0.25) is 0 Å². The Morgan fingerprint density at radius 2 is 2.06 bits per heavy atom. The van der Waals surface area contributed by atoms with E-state index in [4.69, 9.17) is 0 Å². The van der Waals surface area contributed by atoms with Crippen molar-refractivity contribution in [1.29, 1.82) is 0 Å². The summed E-state index contributed by atoms with van der Waals surface area (Å²) in [5.74, 6) is 1.10. The number of aliphatic hydroxyl groups excluding tert-OH is 1. The van der Waals surface area contributed by atoms with E-state index in [0.29, 0.717) is 12.5 Å². The highest BCUT2D eigenvalue weighted by Gasteiger charge is 2.37. The zero-order valence-corrected chi connectivity index (χ0v) is 10.2. The quantitative estimate of drug-likeness (QED) is 0.746. The summed E-state index contributed by atoms with van der Waals surface area (Å²) in [4.78, 5) is 16.1. The molecular weight excluding hydrogens is 204 g/mol. The Morgan fingerprint density at radius 1 is 1.38 bits per heavy atom. The summed E-state index contributed by atoms with van der Waals surface area (Å²) in [7, 11) is 0. The molecule has 2 heterocycles. The standard InChI is InChI=1S/C12H22N2O2/c1-9(2)5-13-6-10(7-13)12(16)14-4-3-11(15)8-14/h9-11,15H,3-8H2,1-2H3. The van der Waals surface area contributed by atoms with Gasteiger partial charge >= 0.3 is 0 Å². The molecule has 2 aliphatic rings. The van der Waals surface area contributed by atoms with Gasteiger partial charge in [0.05, 0.1) is 12.0 Å². The normalized spacial score (nSPS) is 27.5. The van der Waals surface area contributed by atoms with Crippen LogP contribution in [0.25, 0.3) is 0 Å². The van der Waals surface area contributed by atoms with E-state index in [-0.39, 0.29) is 17.9 Å². The van der Waals surface area contributed by atoms with Crippen LogP contribution in [0.1, 0.15) is 20.3 Å². The molecule has 2 aliphatic heterocycles. The minimum absolute atomic E-state index is 0.184. The average Bonchev–Trinajstić information content (AvgIpc) is 2.56. The maximum Gasteiger partial charge on any atom is 0.228 e. The van der Waals surface area contributed by atoms with E-state index < -0.39 is 0 Å². The molecule has 1 N–H and O–H groups in total. The van der Waals surface area contributed by atoms with Crippen LogP contribution in [0.3, 0.4) is 0 Å². The van der Waals surface area contributed by atoms with Crippen molar-refractivity contribution in [3.8, 4) is 0 Å². The van der Waals surface area contributed by atoms with E-state index in [9.17, 15) is 9.90 Å². The molecule has 92 valence electrons. The molecule has 1 atom stereocenters. The minimum atomic E-state index is -0.296. The molecule has 16 heavy (non-hydrogen) atoms. The van der Waals surface area contributed by atoms with E-state index in [2.05, 4.69) is 18.7 Å². The van der Waals surface area contributed by atoms with Crippen molar-refractivity contribution in [3.05, 3.63) is 0 Å². The number of nitrogens with zero attached hydrogens (tertiary/aromatic N) is 2. The highest BCUT2D eigenvalue weighted by Crippen LogP contribution is 2.21. The average molecular weight is 226 g/mol. The zero-order chi connectivity index (χ0) is 11.7. The van der Waals surface area contributed by atoms with Crippen molar-refractivity contribution in [1.82, 2.24) is 9.80 Å². The third-order valence-corrected chi connectivity index (χ3v) is 3.40. The van der Waals surface area contributed by atoms with Gasteiger partial charge < -0.3 is 14.9 Å². The van der Waals surface area contributed by atoms with Crippen molar-refractivity contribution in [2.24, 2.45) is 11.8 Å². The molecule has 0 aromatic rings. The summed E-state index contributed by atoms with van der Waals surface area (Å²) in [6.07, 6.45) is 0.449. The first-order valence-corrected chi connectivity index (χ1v) is 6.25. The predicted molar refractivity (Wildman–Crippen MR) is 62.0 cm³/mol. The van der Waals surface area contributed by atoms with Gasteiger partial charge in [0, 0.05) is 32.7 Å². The van der Waals surface area contributed by atoms with Gasteiger partial charge in [-0.1, -0.05) is 13.8 Å². The number of aliphatic hydroxyl groups is 1. The van der Waals surface area contributed by atoms with Crippen LogP contribution in [0.5, 0.6) is 0 Å². The molecule has 0 aliphatic carbocycles. The van der Waals surface area contributed by atoms with Crippen molar-refractivity contribution < 1.29 is 9.90 Å². The van der Waals surface area contributed by atoms with E-state index in [0.717, 1.165) is 32.6 Å². The topological polar surface area (TPSA) is 43.8 Å². The number of β-amino-alcohol motifs (C(OH)–C–C–N with tert-alkyl or cyclic N) is 1. The molecular formula is C12H22N2O2. The lowest BCUT2D eigenvalue weighted by Gasteiger charge is -2.40. The number of likely N-dealkylation sites (tertiary alicyclic amines) is 2. The third kappa shape index (κ3) is 2.55. The zero-order valence-electron chi connectivity index (χ0n) is 10.2. The number of carbonyl (C=O) groups excluding carboxylic acids is 1. The van der Waals surface area contributed by atoms with Gasteiger partial charge in [-0.3, -0.25) is 4.79 Å². The predicted octanol–water partition coefficient (Wildman–Crippen LogP) is 0.167. The van der Waals surface area contributed by atoms with Gasteiger partial charge in [-0.05, 0) is 12.3 Å². The van der Waals surface area contributed by atoms with Gasteiger partial charge in [-0.15, -0.1) is 0 Å². The van der Waals surface area contributed by atoms with Gasteiger partial charge in [0.15, 0.2) is 0 Å². The second-order valence-corrected chi connectivity index (χ2v) is 5.54. The third-order valence-electron chi connectivity index (χ3n) is 3.40. The van der Waals surface area contributed by atoms with Gasteiger partial charge in [0.1, 0.15) is 0 Å². The fourth-order valence-corrected chi connectivity index (χ4v) is 2.59. The van der Waals surface area contributed by atoms with Crippen LogP contribution in [-0.4, -0.2) is 59.6 Å². The number of hydrogen-bond donors (Lipinski definition) is 1. The molecule has 1 unspecified atom stereocenters. The van der Waals surface area contributed by atoms with Crippen molar-refractivity contribution >= 4 is 5.91 Å². The highest BCUT2D eigenvalue weighted by atomic mass is 16.3. The van der Waals surface area contributed by atoms with Crippen molar-refractivity contribution in [3.63, 3.8) is 0 Å². The van der Waals surface area contributed by atoms with E-state index >= 15 is 0 Å². The number of rotatable bonds is 3. The second kappa shape index (κ2) is 4.72. The number of amides is 1. The lowest BCUT2D eigenvalue weighted by molar-refractivity contribution is -0.140. The molecule has 0 saturated carbocycles. The molecule has 0 bridgehead atoms. The number of hydrogen-bond acceptors (Lipinski definition) is 3. The summed E-state index contributed by atoms with van der Waals surface area (Å²) in [6.45, 7) is 8.58. The Kier molecular flexibility index (Phi) is 3.50.